The van der Waals surface area contributed by atoms with Crippen LogP contribution in [0.15, 0.2) is 18.2 Å². The molecule has 0 amide bonds. The number of Topliss-reactive ketones (excluding diaryl/α,β-unsaturated/α-hetero) is 1. The fourth-order valence-corrected chi connectivity index (χ4v) is 3.15. The summed E-state index contributed by atoms with van der Waals surface area (Å²) in [4.78, 5) is 14.6. The monoisotopic (exact) mass is 313 g/mol. The number of rotatable bonds is 3. The van der Waals surface area contributed by atoms with Crippen molar-refractivity contribution in [1.29, 1.82) is 0 Å². The third kappa shape index (κ3) is 4.21. The zero-order chi connectivity index (χ0) is 14.8. The summed E-state index contributed by atoms with van der Waals surface area (Å²) in [5.74, 6) is 0.0753. The van der Waals surface area contributed by atoms with Gasteiger partial charge in [-0.05, 0) is 56.0 Å². The van der Waals surface area contributed by atoms with Crippen molar-refractivity contribution in [2.24, 2.45) is 5.41 Å². The Balaban J connectivity index is 2.01. The minimum Gasteiger partial charge on any atom is -0.296 e. The molecule has 1 saturated heterocycles. The molecular weight excluding hydrogens is 293 g/mol. The van der Waals surface area contributed by atoms with E-state index in [1.807, 2.05) is 0 Å². The topological polar surface area (TPSA) is 20.3 Å². The molecule has 0 radical (unpaired) electrons. The predicted octanol–water partition coefficient (Wildman–Crippen LogP) is 4.69. The first kappa shape index (κ1) is 15.8. The summed E-state index contributed by atoms with van der Waals surface area (Å²) < 4.78 is 0. The Morgan fingerprint density at radius 3 is 2.70 bits per heavy atom. The smallest absolute Gasteiger partial charge is 0.178 e. The Kier molecular flexibility index (Phi) is 5.11. The molecule has 110 valence electrons. The fraction of sp³-hybridized carbons (Fsp3) is 0.562. The van der Waals surface area contributed by atoms with Crippen molar-refractivity contribution in [3.05, 3.63) is 33.8 Å². The molecule has 2 rings (SSSR count). The molecule has 0 aliphatic carbocycles. The van der Waals surface area contributed by atoms with E-state index in [1.165, 1.54) is 6.42 Å². The number of benzene rings is 1. The molecule has 0 N–H and O–H groups in total. The van der Waals surface area contributed by atoms with Gasteiger partial charge in [-0.2, -0.15) is 0 Å². The lowest BCUT2D eigenvalue weighted by Gasteiger charge is -2.23. The molecule has 1 fully saturated rings. The summed E-state index contributed by atoms with van der Waals surface area (Å²) in [6.07, 6.45) is 3.50. The van der Waals surface area contributed by atoms with Gasteiger partial charge in [-0.25, -0.2) is 0 Å². The summed E-state index contributed by atoms with van der Waals surface area (Å²) in [6, 6.07) is 5.06. The van der Waals surface area contributed by atoms with Crippen LogP contribution in [0, 0.1) is 5.41 Å². The molecule has 0 spiro atoms. The lowest BCUT2D eigenvalue weighted by Crippen LogP contribution is -2.31. The maximum atomic E-state index is 12.3. The molecule has 1 aromatic rings. The SMILES string of the molecule is CC1(C)CCCN(CC(=O)c2ccc(Cl)cc2Cl)CC1. The van der Waals surface area contributed by atoms with Gasteiger partial charge in [0.2, 0.25) is 0 Å². The number of nitrogens with zero attached hydrogens (tertiary/aromatic N) is 1. The highest BCUT2D eigenvalue weighted by molar-refractivity contribution is 6.36. The third-order valence-electron chi connectivity index (χ3n) is 4.03. The lowest BCUT2D eigenvalue weighted by molar-refractivity contribution is 0.0931. The van der Waals surface area contributed by atoms with Gasteiger partial charge in [-0.3, -0.25) is 9.69 Å². The zero-order valence-corrected chi connectivity index (χ0v) is 13.6. The quantitative estimate of drug-likeness (QED) is 0.755. The first-order valence-electron chi connectivity index (χ1n) is 7.08. The summed E-state index contributed by atoms with van der Waals surface area (Å²) in [7, 11) is 0. The molecule has 1 heterocycles. The normalized spacial score (nSPS) is 19.6. The van der Waals surface area contributed by atoms with Crippen LogP contribution in [-0.4, -0.2) is 30.3 Å². The summed E-state index contributed by atoms with van der Waals surface area (Å²) in [5.41, 5.74) is 0.954. The van der Waals surface area contributed by atoms with Crippen LogP contribution in [-0.2, 0) is 0 Å². The minimum absolute atomic E-state index is 0.0753. The second-order valence-corrected chi connectivity index (χ2v) is 7.18. The maximum absolute atomic E-state index is 12.3. The van der Waals surface area contributed by atoms with E-state index >= 15 is 0 Å². The van der Waals surface area contributed by atoms with Crippen LogP contribution in [0.1, 0.15) is 43.5 Å². The third-order valence-corrected chi connectivity index (χ3v) is 4.58. The van der Waals surface area contributed by atoms with Gasteiger partial charge in [-0.1, -0.05) is 37.0 Å². The number of halogens is 2. The standard InChI is InChI=1S/C16H21Cl2NO/c1-16(2)6-3-8-19(9-7-16)11-15(20)13-5-4-12(17)10-14(13)18/h4-5,10H,3,6-9,11H2,1-2H3. The van der Waals surface area contributed by atoms with Gasteiger partial charge in [-0.15, -0.1) is 0 Å². The Morgan fingerprint density at radius 2 is 2.00 bits per heavy atom. The van der Waals surface area contributed by atoms with Crippen LogP contribution in [0.2, 0.25) is 10.0 Å². The molecule has 4 heteroatoms. The molecule has 20 heavy (non-hydrogen) atoms. The van der Waals surface area contributed by atoms with Gasteiger partial charge in [0.05, 0.1) is 11.6 Å². The van der Waals surface area contributed by atoms with E-state index in [0.29, 0.717) is 27.6 Å². The minimum atomic E-state index is 0.0753. The van der Waals surface area contributed by atoms with Crippen LogP contribution in [0.4, 0.5) is 0 Å². The van der Waals surface area contributed by atoms with Crippen LogP contribution in [0.3, 0.4) is 0 Å². The highest BCUT2D eigenvalue weighted by Gasteiger charge is 2.24. The van der Waals surface area contributed by atoms with Crippen molar-refractivity contribution in [1.82, 2.24) is 4.90 Å². The molecule has 0 saturated carbocycles. The summed E-state index contributed by atoms with van der Waals surface area (Å²) in [6.45, 7) is 7.00. The number of ketones is 1. The number of likely N-dealkylation sites (tertiary alicyclic amines) is 1. The van der Waals surface area contributed by atoms with Crippen molar-refractivity contribution in [2.75, 3.05) is 19.6 Å². The summed E-state index contributed by atoms with van der Waals surface area (Å²) in [5, 5.41) is 1.00. The van der Waals surface area contributed by atoms with Crippen molar-refractivity contribution in [3.63, 3.8) is 0 Å². The van der Waals surface area contributed by atoms with E-state index in [-0.39, 0.29) is 5.78 Å². The van der Waals surface area contributed by atoms with Crippen LogP contribution in [0.5, 0.6) is 0 Å². The van der Waals surface area contributed by atoms with Gasteiger partial charge in [0.25, 0.3) is 0 Å². The molecule has 0 aromatic heterocycles. The average Bonchev–Trinajstić information content (AvgIpc) is 2.51. The van der Waals surface area contributed by atoms with E-state index in [1.54, 1.807) is 18.2 Å². The average molecular weight is 314 g/mol. The molecular formula is C16H21Cl2NO. The number of hydrogen-bond acceptors (Lipinski definition) is 2. The zero-order valence-electron chi connectivity index (χ0n) is 12.1. The molecule has 0 bridgehead atoms. The number of hydrogen-bond donors (Lipinski definition) is 0. The van der Waals surface area contributed by atoms with Crippen molar-refractivity contribution < 1.29 is 4.79 Å². The van der Waals surface area contributed by atoms with Gasteiger partial charge < -0.3 is 0 Å². The van der Waals surface area contributed by atoms with Gasteiger partial charge in [0.15, 0.2) is 5.78 Å². The largest absolute Gasteiger partial charge is 0.296 e. The van der Waals surface area contributed by atoms with Crippen molar-refractivity contribution >= 4 is 29.0 Å². The van der Waals surface area contributed by atoms with Gasteiger partial charge in [0.1, 0.15) is 0 Å². The van der Waals surface area contributed by atoms with Gasteiger partial charge in [0, 0.05) is 10.6 Å². The number of carbonyl (C=O) groups is 1. The van der Waals surface area contributed by atoms with Crippen molar-refractivity contribution in [3.8, 4) is 0 Å². The molecule has 0 unspecified atom stereocenters. The second-order valence-electron chi connectivity index (χ2n) is 6.34. The van der Waals surface area contributed by atoms with Gasteiger partial charge >= 0.3 is 0 Å². The second kappa shape index (κ2) is 6.46. The van der Waals surface area contributed by atoms with Crippen molar-refractivity contribution in [2.45, 2.75) is 33.1 Å². The maximum Gasteiger partial charge on any atom is 0.178 e. The Bertz CT molecular complexity index is 499. The van der Waals surface area contributed by atoms with Crippen LogP contribution >= 0.6 is 23.2 Å². The van der Waals surface area contributed by atoms with E-state index in [4.69, 9.17) is 23.2 Å². The highest BCUT2D eigenvalue weighted by atomic mass is 35.5. The van der Waals surface area contributed by atoms with E-state index < -0.39 is 0 Å². The van der Waals surface area contributed by atoms with Crippen LogP contribution in [0.25, 0.3) is 0 Å². The molecule has 1 aliphatic heterocycles. The Labute approximate surface area is 131 Å². The summed E-state index contributed by atoms with van der Waals surface area (Å²) >= 11 is 12.0. The van der Waals surface area contributed by atoms with E-state index in [9.17, 15) is 4.79 Å². The molecule has 2 nitrogen and oxygen atoms in total. The Morgan fingerprint density at radius 1 is 1.25 bits per heavy atom. The first-order chi connectivity index (χ1) is 9.37. The number of carbonyl (C=O) groups excluding carboxylic acids is 1. The highest BCUT2D eigenvalue weighted by Crippen LogP contribution is 2.30. The van der Waals surface area contributed by atoms with Crippen LogP contribution < -0.4 is 0 Å². The lowest BCUT2D eigenvalue weighted by atomic mass is 9.85. The predicted molar refractivity (Wildman–Crippen MR) is 84.9 cm³/mol. The van der Waals surface area contributed by atoms with E-state index in [0.717, 1.165) is 25.9 Å². The Hall–Kier alpha value is -0.570. The fourth-order valence-electron chi connectivity index (χ4n) is 2.64. The first-order valence-corrected chi connectivity index (χ1v) is 7.84. The molecule has 1 aliphatic rings. The molecule has 1 aromatic carbocycles. The van der Waals surface area contributed by atoms with E-state index in [2.05, 4.69) is 18.7 Å². The molecule has 0 atom stereocenters.